The van der Waals surface area contributed by atoms with Crippen molar-refractivity contribution in [3.63, 3.8) is 0 Å². The molecule has 11 heteroatoms. The number of hydrogen-bond donors (Lipinski definition) is 2. The fourth-order valence-corrected chi connectivity index (χ4v) is 3.37. The van der Waals surface area contributed by atoms with Gasteiger partial charge in [-0.15, -0.1) is 0 Å². The first-order valence-electron chi connectivity index (χ1n) is 10.7. The van der Waals surface area contributed by atoms with Gasteiger partial charge in [0, 0.05) is 24.3 Å². The maximum Gasteiger partial charge on any atom is 0.250 e. The molecule has 0 aliphatic carbocycles. The number of nitrogens with zero attached hydrogens (tertiary/aromatic N) is 5. The molecule has 1 aliphatic rings. The van der Waals surface area contributed by atoms with E-state index in [1.807, 2.05) is 30.3 Å². The van der Waals surface area contributed by atoms with Gasteiger partial charge in [0.05, 0.1) is 40.8 Å². The standard InChI is InChI=1S/C23H27N7O4/c1-31-18-13-16(14-19(32-2)20(18)33-3)15-24-29-22-26-21(25-17-7-5-4-6-8-17)27-23(28-22)30-9-11-34-12-10-30/h4-8,13-15H,9-12H2,1-3H3,(H2,25,26,27,28,29). The Kier molecular flexibility index (Phi) is 7.56. The van der Waals surface area contributed by atoms with Gasteiger partial charge in [0.2, 0.25) is 23.6 Å². The fraction of sp³-hybridized carbons (Fsp3) is 0.304. The van der Waals surface area contributed by atoms with Crippen molar-refractivity contribution in [1.29, 1.82) is 0 Å². The highest BCUT2D eigenvalue weighted by Gasteiger charge is 2.17. The summed E-state index contributed by atoms with van der Waals surface area (Å²) >= 11 is 0. The Morgan fingerprint density at radius 1 is 0.912 bits per heavy atom. The van der Waals surface area contributed by atoms with Gasteiger partial charge in [0.25, 0.3) is 0 Å². The first-order valence-corrected chi connectivity index (χ1v) is 10.7. The number of rotatable bonds is 9. The Labute approximate surface area is 197 Å². The van der Waals surface area contributed by atoms with E-state index in [1.54, 1.807) is 39.7 Å². The van der Waals surface area contributed by atoms with Crippen molar-refractivity contribution in [3.8, 4) is 17.2 Å². The largest absolute Gasteiger partial charge is 0.493 e. The summed E-state index contributed by atoms with van der Waals surface area (Å²) in [6.07, 6.45) is 1.62. The van der Waals surface area contributed by atoms with Crippen LogP contribution < -0.4 is 29.9 Å². The third-order valence-corrected chi connectivity index (χ3v) is 5.01. The van der Waals surface area contributed by atoms with Crippen LogP contribution in [-0.2, 0) is 4.74 Å². The lowest BCUT2D eigenvalue weighted by Gasteiger charge is -2.27. The van der Waals surface area contributed by atoms with Gasteiger partial charge in [-0.2, -0.15) is 20.1 Å². The molecule has 1 aliphatic heterocycles. The van der Waals surface area contributed by atoms with Crippen LogP contribution in [0, 0.1) is 0 Å². The lowest BCUT2D eigenvalue weighted by molar-refractivity contribution is 0.122. The Hall–Kier alpha value is -4.12. The van der Waals surface area contributed by atoms with E-state index in [0.717, 1.165) is 11.3 Å². The first kappa shape index (κ1) is 23.1. The molecule has 0 saturated carbocycles. The summed E-state index contributed by atoms with van der Waals surface area (Å²) in [5, 5.41) is 7.52. The van der Waals surface area contributed by atoms with Crippen LogP contribution >= 0.6 is 0 Å². The monoisotopic (exact) mass is 465 g/mol. The average molecular weight is 466 g/mol. The lowest BCUT2D eigenvalue weighted by Crippen LogP contribution is -2.37. The molecule has 178 valence electrons. The van der Waals surface area contributed by atoms with Gasteiger partial charge in [-0.3, -0.25) is 0 Å². The van der Waals surface area contributed by atoms with Gasteiger partial charge in [0.15, 0.2) is 11.5 Å². The smallest absolute Gasteiger partial charge is 0.250 e. The average Bonchev–Trinajstić information content (AvgIpc) is 2.89. The molecule has 0 unspecified atom stereocenters. The highest BCUT2D eigenvalue weighted by molar-refractivity contribution is 5.83. The topological polar surface area (TPSA) is 115 Å². The van der Waals surface area contributed by atoms with Gasteiger partial charge in [-0.05, 0) is 24.3 Å². The number of methoxy groups -OCH3 is 3. The van der Waals surface area contributed by atoms with Crippen molar-refractivity contribution in [2.24, 2.45) is 5.10 Å². The minimum Gasteiger partial charge on any atom is -0.493 e. The highest BCUT2D eigenvalue weighted by atomic mass is 16.5. The molecular formula is C23H27N7O4. The third kappa shape index (κ3) is 5.62. The van der Waals surface area contributed by atoms with E-state index in [0.29, 0.717) is 61.4 Å². The van der Waals surface area contributed by atoms with Gasteiger partial charge < -0.3 is 29.2 Å². The molecule has 0 radical (unpaired) electrons. The quantitative estimate of drug-likeness (QED) is 0.361. The van der Waals surface area contributed by atoms with Crippen molar-refractivity contribution in [2.45, 2.75) is 0 Å². The number of anilines is 4. The van der Waals surface area contributed by atoms with Gasteiger partial charge in [-0.25, -0.2) is 5.43 Å². The molecule has 1 aromatic heterocycles. The second kappa shape index (κ2) is 11.1. The minimum atomic E-state index is 0.304. The summed E-state index contributed by atoms with van der Waals surface area (Å²) in [6.45, 7) is 2.64. The predicted octanol–water partition coefficient (Wildman–Crippen LogP) is 2.92. The van der Waals surface area contributed by atoms with Crippen LogP contribution in [-0.4, -0.2) is 68.8 Å². The van der Waals surface area contributed by atoms with Crippen molar-refractivity contribution in [2.75, 3.05) is 63.3 Å². The number of nitrogens with one attached hydrogen (secondary N) is 2. The Balaban J connectivity index is 1.58. The Morgan fingerprint density at radius 2 is 1.59 bits per heavy atom. The van der Waals surface area contributed by atoms with Gasteiger partial charge in [-0.1, -0.05) is 18.2 Å². The normalized spacial score (nSPS) is 13.6. The van der Waals surface area contributed by atoms with E-state index in [1.165, 1.54) is 0 Å². The van der Waals surface area contributed by atoms with E-state index in [2.05, 4.69) is 35.7 Å². The van der Waals surface area contributed by atoms with E-state index in [-0.39, 0.29) is 0 Å². The molecule has 3 aromatic rings. The summed E-state index contributed by atoms with van der Waals surface area (Å²) < 4.78 is 21.6. The molecule has 34 heavy (non-hydrogen) atoms. The lowest BCUT2D eigenvalue weighted by atomic mass is 10.2. The van der Waals surface area contributed by atoms with Crippen molar-refractivity contribution >= 4 is 29.7 Å². The Bertz CT molecular complexity index is 1100. The van der Waals surface area contributed by atoms with Crippen LogP contribution in [0.2, 0.25) is 0 Å². The SMILES string of the molecule is COc1cc(C=NNc2nc(Nc3ccccc3)nc(N3CCOCC3)n2)cc(OC)c1OC. The van der Waals surface area contributed by atoms with Crippen LogP contribution in [0.15, 0.2) is 47.6 Å². The zero-order valence-corrected chi connectivity index (χ0v) is 19.3. The van der Waals surface area contributed by atoms with E-state index in [9.17, 15) is 0 Å². The minimum absolute atomic E-state index is 0.304. The van der Waals surface area contributed by atoms with Gasteiger partial charge in [0.1, 0.15) is 0 Å². The summed E-state index contributed by atoms with van der Waals surface area (Å²) in [5.41, 5.74) is 4.51. The number of morpholine rings is 1. The van der Waals surface area contributed by atoms with E-state index < -0.39 is 0 Å². The summed E-state index contributed by atoms with van der Waals surface area (Å²) in [4.78, 5) is 15.6. The van der Waals surface area contributed by atoms with E-state index in [4.69, 9.17) is 18.9 Å². The second-order valence-corrected chi connectivity index (χ2v) is 7.20. The zero-order chi connectivity index (χ0) is 23.8. The molecule has 0 bridgehead atoms. The molecule has 2 aromatic carbocycles. The number of para-hydroxylation sites is 1. The summed E-state index contributed by atoms with van der Waals surface area (Å²) in [6, 6.07) is 13.3. The number of ether oxygens (including phenoxy) is 4. The molecule has 0 amide bonds. The Morgan fingerprint density at radius 3 is 2.24 bits per heavy atom. The number of aromatic nitrogens is 3. The van der Waals surface area contributed by atoms with Crippen LogP contribution in [0.3, 0.4) is 0 Å². The number of hydrogen-bond acceptors (Lipinski definition) is 11. The molecular weight excluding hydrogens is 438 g/mol. The molecule has 2 heterocycles. The maximum absolute atomic E-state index is 5.45. The fourth-order valence-electron chi connectivity index (χ4n) is 3.37. The molecule has 1 fully saturated rings. The van der Waals surface area contributed by atoms with Crippen LogP contribution in [0.25, 0.3) is 0 Å². The van der Waals surface area contributed by atoms with Crippen molar-refractivity contribution in [3.05, 3.63) is 48.0 Å². The first-order chi connectivity index (χ1) is 16.7. The molecule has 11 nitrogen and oxygen atoms in total. The van der Waals surface area contributed by atoms with Crippen LogP contribution in [0.1, 0.15) is 5.56 Å². The number of benzene rings is 2. The van der Waals surface area contributed by atoms with Crippen molar-refractivity contribution < 1.29 is 18.9 Å². The predicted molar refractivity (Wildman–Crippen MR) is 130 cm³/mol. The second-order valence-electron chi connectivity index (χ2n) is 7.20. The van der Waals surface area contributed by atoms with Gasteiger partial charge >= 0.3 is 0 Å². The van der Waals surface area contributed by atoms with Crippen LogP contribution in [0.4, 0.5) is 23.5 Å². The van der Waals surface area contributed by atoms with Crippen molar-refractivity contribution in [1.82, 2.24) is 15.0 Å². The molecule has 2 N–H and O–H groups in total. The third-order valence-electron chi connectivity index (χ3n) is 5.01. The molecule has 0 atom stereocenters. The molecule has 0 spiro atoms. The number of hydrazone groups is 1. The van der Waals surface area contributed by atoms with Crippen LogP contribution in [0.5, 0.6) is 17.2 Å². The maximum atomic E-state index is 5.45. The molecule has 1 saturated heterocycles. The molecule has 4 rings (SSSR count). The summed E-state index contributed by atoms with van der Waals surface area (Å²) in [5.74, 6) is 2.84. The zero-order valence-electron chi connectivity index (χ0n) is 19.3. The highest BCUT2D eigenvalue weighted by Crippen LogP contribution is 2.37. The summed E-state index contributed by atoms with van der Waals surface area (Å²) in [7, 11) is 4.69. The van der Waals surface area contributed by atoms with E-state index >= 15 is 0 Å².